The Balaban J connectivity index is 2.36. The van der Waals surface area contributed by atoms with Gasteiger partial charge in [0.05, 0.1) is 6.61 Å². The monoisotopic (exact) mass is 156 g/mol. The number of epoxide rings is 1. The highest BCUT2D eigenvalue weighted by Crippen LogP contribution is 2.33. The number of carbonyl (C=O) groups excluding carboxylic acids is 1. The van der Waals surface area contributed by atoms with Crippen LogP contribution in [-0.4, -0.2) is 24.8 Å². The fraction of sp³-hybridized carbons (Fsp3) is 0.625. The van der Waals surface area contributed by atoms with Crippen LogP contribution in [0.5, 0.6) is 0 Å². The molecule has 1 rings (SSSR count). The molecule has 62 valence electrons. The van der Waals surface area contributed by atoms with Crippen molar-refractivity contribution in [2.24, 2.45) is 0 Å². The van der Waals surface area contributed by atoms with Crippen molar-refractivity contribution in [1.29, 1.82) is 0 Å². The van der Waals surface area contributed by atoms with Crippen LogP contribution in [0, 0.1) is 0 Å². The molecule has 0 aromatic rings. The summed E-state index contributed by atoms with van der Waals surface area (Å²) in [5, 5.41) is 0. The van der Waals surface area contributed by atoms with E-state index in [4.69, 9.17) is 9.47 Å². The molecule has 0 N–H and O–H groups in total. The average Bonchev–Trinajstić information content (AvgIpc) is 2.63. The molecule has 0 amide bonds. The Hall–Kier alpha value is -0.830. The molecular formula is C8H12O3. The van der Waals surface area contributed by atoms with Gasteiger partial charge in [0.1, 0.15) is 12.2 Å². The Labute approximate surface area is 66.0 Å². The van der Waals surface area contributed by atoms with Gasteiger partial charge in [0.25, 0.3) is 0 Å². The Morgan fingerprint density at radius 1 is 1.73 bits per heavy atom. The van der Waals surface area contributed by atoms with E-state index in [9.17, 15) is 4.79 Å². The van der Waals surface area contributed by atoms with Gasteiger partial charge in [-0.15, -0.1) is 0 Å². The second-order valence-electron chi connectivity index (χ2n) is 2.84. The maximum Gasteiger partial charge on any atom is 0.302 e. The van der Waals surface area contributed by atoms with Gasteiger partial charge in [-0.05, 0) is 12.5 Å². The second kappa shape index (κ2) is 2.66. The van der Waals surface area contributed by atoms with Gasteiger partial charge < -0.3 is 9.47 Å². The zero-order chi connectivity index (χ0) is 8.48. The summed E-state index contributed by atoms with van der Waals surface area (Å²) in [5.74, 6) is -0.277. The fourth-order valence-electron chi connectivity index (χ4n) is 0.758. The minimum Gasteiger partial charge on any atom is -0.462 e. The lowest BCUT2D eigenvalue weighted by molar-refractivity contribution is -0.142. The van der Waals surface area contributed by atoms with Gasteiger partial charge in [-0.2, -0.15) is 0 Å². The first-order valence-electron chi connectivity index (χ1n) is 3.50. The summed E-state index contributed by atoms with van der Waals surface area (Å²) < 4.78 is 9.94. The lowest BCUT2D eigenvalue weighted by Gasteiger charge is -2.10. The first-order chi connectivity index (χ1) is 5.07. The Morgan fingerprint density at radius 2 is 2.27 bits per heavy atom. The van der Waals surface area contributed by atoms with Gasteiger partial charge >= 0.3 is 5.97 Å². The highest BCUT2D eigenvalue weighted by Gasteiger charge is 2.46. The molecule has 1 atom stereocenters. The van der Waals surface area contributed by atoms with Crippen LogP contribution in [0.25, 0.3) is 0 Å². The van der Waals surface area contributed by atoms with Crippen LogP contribution in [0.3, 0.4) is 0 Å². The molecule has 0 radical (unpaired) electrons. The lowest BCUT2D eigenvalue weighted by Crippen LogP contribution is -2.21. The van der Waals surface area contributed by atoms with Gasteiger partial charge in [0.15, 0.2) is 0 Å². The largest absolute Gasteiger partial charge is 0.462 e. The maximum absolute atomic E-state index is 10.4. The Kier molecular flexibility index (Phi) is 2.00. The Bertz CT molecular complexity index is 192. The number of rotatable bonds is 3. The van der Waals surface area contributed by atoms with Crippen molar-refractivity contribution < 1.29 is 14.3 Å². The smallest absolute Gasteiger partial charge is 0.302 e. The van der Waals surface area contributed by atoms with Gasteiger partial charge in [-0.3, -0.25) is 4.79 Å². The van der Waals surface area contributed by atoms with Gasteiger partial charge in [0.2, 0.25) is 0 Å². The molecule has 1 aliphatic rings. The number of ether oxygens (including phenoxy) is 2. The van der Waals surface area contributed by atoms with Crippen LogP contribution < -0.4 is 0 Å². The van der Waals surface area contributed by atoms with Crippen molar-refractivity contribution >= 4 is 5.97 Å². The quantitative estimate of drug-likeness (QED) is 0.346. The van der Waals surface area contributed by atoms with Crippen molar-refractivity contribution in [2.75, 3.05) is 13.2 Å². The minimum absolute atomic E-state index is 0.277. The van der Waals surface area contributed by atoms with Crippen molar-refractivity contribution in [3.8, 4) is 0 Å². The van der Waals surface area contributed by atoms with Crippen LogP contribution in [0.1, 0.15) is 13.8 Å². The normalized spacial score (nSPS) is 27.8. The molecule has 1 saturated heterocycles. The number of hydrogen-bond donors (Lipinski definition) is 0. The van der Waals surface area contributed by atoms with Crippen molar-refractivity contribution in [1.82, 2.24) is 0 Å². The van der Waals surface area contributed by atoms with Gasteiger partial charge in [0, 0.05) is 6.92 Å². The van der Waals surface area contributed by atoms with Crippen LogP contribution in [0.4, 0.5) is 0 Å². The van der Waals surface area contributed by atoms with E-state index in [1.807, 2.05) is 6.92 Å². The standard InChI is InChI=1S/C8H12O3/c1-6(2)8(5-11-8)4-10-7(3)9/h1,4-5H2,2-3H3/t8-/m1/s1. The van der Waals surface area contributed by atoms with E-state index >= 15 is 0 Å². The molecule has 0 bridgehead atoms. The summed E-state index contributed by atoms with van der Waals surface area (Å²) in [6.07, 6.45) is 0. The summed E-state index contributed by atoms with van der Waals surface area (Å²) in [6, 6.07) is 0. The third-order valence-corrected chi connectivity index (χ3v) is 1.78. The molecule has 0 aromatic heterocycles. The summed E-state index contributed by atoms with van der Waals surface area (Å²) in [4.78, 5) is 10.4. The number of carbonyl (C=O) groups is 1. The number of esters is 1. The first-order valence-corrected chi connectivity index (χ1v) is 3.50. The van der Waals surface area contributed by atoms with Crippen molar-refractivity contribution in [3.63, 3.8) is 0 Å². The molecule has 0 unspecified atom stereocenters. The molecule has 11 heavy (non-hydrogen) atoms. The van der Waals surface area contributed by atoms with E-state index in [0.717, 1.165) is 5.57 Å². The summed E-state index contributed by atoms with van der Waals surface area (Å²) in [5.41, 5.74) is 0.560. The van der Waals surface area contributed by atoms with Crippen LogP contribution in [0.15, 0.2) is 12.2 Å². The fourth-order valence-corrected chi connectivity index (χ4v) is 0.758. The van der Waals surface area contributed by atoms with E-state index in [1.165, 1.54) is 6.92 Å². The second-order valence-corrected chi connectivity index (χ2v) is 2.84. The predicted octanol–water partition coefficient (Wildman–Crippen LogP) is 0.895. The minimum atomic E-state index is -0.355. The first kappa shape index (κ1) is 8.27. The Morgan fingerprint density at radius 3 is 2.55 bits per heavy atom. The molecular weight excluding hydrogens is 144 g/mol. The maximum atomic E-state index is 10.4. The molecule has 3 nitrogen and oxygen atoms in total. The van der Waals surface area contributed by atoms with Gasteiger partial charge in [-0.25, -0.2) is 0 Å². The molecule has 0 aliphatic carbocycles. The SMILES string of the molecule is C=C(C)[C@@]1(COC(C)=O)CO1. The third kappa shape index (κ3) is 1.80. The molecule has 0 spiro atoms. The molecule has 0 aromatic carbocycles. The zero-order valence-corrected chi connectivity index (χ0v) is 6.85. The molecule has 1 aliphatic heterocycles. The van der Waals surface area contributed by atoms with Crippen LogP contribution in [0.2, 0.25) is 0 Å². The topological polar surface area (TPSA) is 38.8 Å². The van der Waals surface area contributed by atoms with E-state index in [-0.39, 0.29) is 11.6 Å². The molecule has 1 heterocycles. The average molecular weight is 156 g/mol. The van der Waals surface area contributed by atoms with Gasteiger partial charge in [-0.1, -0.05) is 6.58 Å². The third-order valence-electron chi connectivity index (χ3n) is 1.78. The highest BCUT2D eigenvalue weighted by atomic mass is 16.6. The van der Waals surface area contributed by atoms with E-state index < -0.39 is 0 Å². The lowest BCUT2D eigenvalue weighted by atomic mass is 10.1. The summed E-state index contributed by atoms with van der Waals surface area (Å²) >= 11 is 0. The predicted molar refractivity (Wildman–Crippen MR) is 40.1 cm³/mol. The highest BCUT2D eigenvalue weighted by molar-refractivity contribution is 5.66. The number of hydrogen-bond acceptors (Lipinski definition) is 3. The summed E-state index contributed by atoms with van der Waals surface area (Å²) in [6.45, 7) is 7.93. The van der Waals surface area contributed by atoms with E-state index in [2.05, 4.69) is 6.58 Å². The van der Waals surface area contributed by atoms with E-state index in [0.29, 0.717) is 13.2 Å². The zero-order valence-electron chi connectivity index (χ0n) is 6.85. The van der Waals surface area contributed by atoms with Crippen LogP contribution in [-0.2, 0) is 14.3 Å². The summed E-state index contributed by atoms with van der Waals surface area (Å²) in [7, 11) is 0. The molecule has 1 fully saturated rings. The molecule has 3 heteroatoms. The van der Waals surface area contributed by atoms with Crippen molar-refractivity contribution in [2.45, 2.75) is 19.4 Å². The molecule has 0 saturated carbocycles. The van der Waals surface area contributed by atoms with Crippen LogP contribution >= 0.6 is 0 Å². The van der Waals surface area contributed by atoms with E-state index in [1.54, 1.807) is 0 Å². The van der Waals surface area contributed by atoms with Crippen molar-refractivity contribution in [3.05, 3.63) is 12.2 Å².